The van der Waals surface area contributed by atoms with Crippen molar-refractivity contribution in [2.75, 3.05) is 0 Å². The van der Waals surface area contributed by atoms with Crippen LogP contribution in [0.3, 0.4) is 0 Å². The van der Waals surface area contributed by atoms with Gasteiger partial charge in [0.25, 0.3) is 5.56 Å². The molecule has 1 N–H and O–H groups in total. The van der Waals surface area contributed by atoms with Crippen LogP contribution in [-0.4, -0.2) is 25.7 Å². The first kappa shape index (κ1) is 16.8. The van der Waals surface area contributed by atoms with Crippen LogP contribution in [-0.2, 0) is 17.8 Å². The molecule has 8 heteroatoms. The molecule has 3 heterocycles. The standard InChI is InChI=1S/C19H16N4O4/c1-2-14-13(11-27-22-14)10-26-19(25)16-8-17-20-15(9-18(24)23(17)21-16)12-6-4-3-5-7-12/h3-9,11,21H,2,10H2,1H3. The average Bonchev–Trinajstić information content (AvgIpc) is 3.33. The number of carbonyl (C=O) groups excluding carboxylic acids is 1. The number of aromatic amines is 1. The Bertz CT molecular complexity index is 1160. The van der Waals surface area contributed by atoms with Crippen LogP contribution in [0.4, 0.5) is 0 Å². The third-order valence-corrected chi connectivity index (χ3v) is 4.16. The average molecular weight is 364 g/mol. The Labute approximate surface area is 153 Å². The number of aromatic nitrogens is 4. The van der Waals surface area contributed by atoms with Crippen LogP contribution in [0, 0.1) is 0 Å². The van der Waals surface area contributed by atoms with Gasteiger partial charge in [0, 0.05) is 17.7 Å². The molecule has 1 aromatic carbocycles. The summed E-state index contributed by atoms with van der Waals surface area (Å²) in [5.41, 5.74) is 2.98. The summed E-state index contributed by atoms with van der Waals surface area (Å²) in [6.45, 7) is 1.97. The van der Waals surface area contributed by atoms with Crippen LogP contribution in [0.25, 0.3) is 16.9 Å². The number of rotatable bonds is 5. The van der Waals surface area contributed by atoms with E-state index in [1.165, 1.54) is 22.9 Å². The summed E-state index contributed by atoms with van der Waals surface area (Å²) in [5.74, 6) is -0.593. The SMILES string of the molecule is CCc1nocc1COC(=O)c1cc2nc(-c3ccccc3)cc(=O)n2[nH]1. The van der Waals surface area contributed by atoms with E-state index < -0.39 is 5.97 Å². The van der Waals surface area contributed by atoms with Crippen molar-refractivity contribution in [3.63, 3.8) is 0 Å². The van der Waals surface area contributed by atoms with Crippen molar-refractivity contribution in [3.05, 3.63) is 76.0 Å². The van der Waals surface area contributed by atoms with E-state index in [2.05, 4.69) is 15.2 Å². The molecule has 0 saturated heterocycles. The Balaban J connectivity index is 1.60. The monoisotopic (exact) mass is 364 g/mol. The number of esters is 1. The first-order valence-corrected chi connectivity index (χ1v) is 8.43. The molecular weight excluding hydrogens is 348 g/mol. The number of benzene rings is 1. The van der Waals surface area contributed by atoms with Crippen molar-refractivity contribution in [1.82, 2.24) is 19.8 Å². The zero-order chi connectivity index (χ0) is 18.8. The van der Waals surface area contributed by atoms with Gasteiger partial charge in [0.2, 0.25) is 0 Å². The van der Waals surface area contributed by atoms with Crippen molar-refractivity contribution in [2.24, 2.45) is 0 Å². The molecule has 0 aliphatic rings. The van der Waals surface area contributed by atoms with E-state index in [9.17, 15) is 9.59 Å². The van der Waals surface area contributed by atoms with Crippen molar-refractivity contribution in [3.8, 4) is 11.3 Å². The second kappa shape index (κ2) is 6.91. The molecule has 3 aromatic heterocycles. The van der Waals surface area contributed by atoms with Crippen LogP contribution in [0.1, 0.15) is 28.7 Å². The largest absolute Gasteiger partial charge is 0.456 e. The maximum absolute atomic E-state index is 12.4. The minimum atomic E-state index is -0.593. The van der Waals surface area contributed by atoms with Crippen LogP contribution >= 0.6 is 0 Å². The summed E-state index contributed by atoms with van der Waals surface area (Å²) in [6.07, 6.45) is 2.13. The first-order valence-electron chi connectivity index (χ1n) is 8.43. The predicted octanol–water partition coefficient (Wildman–Crippen LogP) is 2.60. The minimum Gasteiger partial charge on any atom is -0.456 e. The van der Waals surface area contributed by atoms with Gasteiger partial charge in [-0.1, -0.05) is 42.4 Å². The maximum atomic E-state index is 12.4. The third-order valence-electron chi connectivity index (χ3n) is 4.16. The van der Waals surface area contributed by atoms with Gasteiger partial charge in [-0.3, -0.25) is 9.89 Å². The van der Waals surface area contributed by atoms with Crippen molar-refractivity contribution >= 4 is 11.6 Å². The molecule has 0 saturated carbocycles. The Morgan fingerprint density at radius 1 is 1.26 bits per heavy atom. The number of nitrogens with zero attached hydrogens (tertiary/aromatic N) is 3. The Kier molecular flexibility index (Phi) is 4.29. The van der Waals surface area contributed by atoms with E-state index in [1.54, 1.807) is 0 Å². The number of aryl methyl sites for hydroxylation is 1. The molecule has 27 heavy (non-hydrogen) atoms. The fourth-order valence-electron chi connectivity index (χ4n) is 2.76. The number of hydrogen-bond acceptors (Lipinski definition) is 6. The highest BCUT2D eigenvalue weighted by Crippen LogP contribution is 2.16. The fraction of sp³-hybridized carbons (Fsp3) is 0.158. The van der Waals surface area contributed by atoms with Gasteiger partial charge in [0.15, 0.2) is 5.65 Å². The van der Waals surface area contributed by atoms with Gasteiger partial charge in [-0.15, -0.1) is 0 Å². The van der Waals surface area contributed by atoms with E-state index in [1.807, 2.05) is 37.3 Å². The lowest BCUT2D eigenvalue weighted by atomic mass is 10.1. The number of ether oxygens (including phenoxy) is 1. The molecule has 0 spiro atoms. The molecule has 0 amide bonds. The number of carbonyl (C=O) groups is 1. The van der Waals surface area contributed by atoms with Crippen LogP contribution < -0.4 is 5.56 Å². The first-order chi connectivity index (χ1) is 13.2. The Morgan fingerprint density at radius 2 is 2.07 bits per heavy atom. The predicted molar refractivity (Wildman–Crippen MR) is 96.2 cm³/mol. The number of fused-ring (bicyclic) bond motifs is 1. The maximum Gasteiger partial charge on any atom is 0.356 e. The molecule has 0 atom stereocenters. The second-order valence-electron chi connectivity index (χ2n) is 5.93. The molecule has 0 radical (unpaired) electrons. The van der Waals surface area contributed by atoms with Crippen LogP contribution in [0.15, 0.2) is 58.0 Å². The lowest BCUT2D eigenvalue weighted by Gasteiger charge is -2.01. The highest BCUT2D eigenvalue weighted by Gasteiger charge is 2.15. The quantitative estimate of drug-likeness (QED) is 0.546. The zero-order valence-corrected chi connectivity index (χ0v) is 14.5. The van der Waals surface area contributed by atoms with E-state index >= 15 is 0 Å². The zero-order valence-electron chi connectivity index (χ0n) is 14.5. The molecule has 136 valence electrons. The minimum absolute atomic E-state index is 0.0401. The molecule has 4 rings (SSSR count). The molecule has 4 aromatic rings. The summed E-state index contributed by atoms with van der Waals surface area (Å²) in [5, 5.41) is 6.57. The van der Waals surface area contributed by atoms with E-state index in [0.717, 1.165) is 11.3 Å². The highest BCUT2D eigenvalue weighted by molar-refractivity contribution is 5.88. The summed E-state index contributed by atoms with van der Waals surface area (Å²) >= 11 is 0. The van der Waals surface area contributed by atoms with Gasteiger partial charge in [0.1, 0.15) is 18.6 Å². The molecular formula is C19H16N4O4. The van der Waals surface area contributed by atoms with Crippen LogP contribution in [0.2, 0.25) is 0 Å². The summed E-state index contributed by atoms with van der Waals surface area (Å²) < 4.78 is 11.4. The third kappa shape index (κ3) is 3.24. The molecule has 0 aliphatic carbocycles. The Morgan fingerprint density at radius 3 is 2.85 bits per heavy atom. The van der Waals surface area contributed by atoms with Gasteiger partial charge in [-0.2, -0.15) is 0 Å². The van der Waals surface area contributed by atoms with Gasteiger partial charge in [-0.05, 0) is 6.42 Å². The molecule has 0 bridgehead atoms. The molecule has 0 fully saturated rings. The fourth-order valence-corrected chi connectivity index (χ4v) is 2.76. The van der Waals surface area contributed by atoms with Crippen molar-refractivity contribution in [2.45, 2.75) is 20.0 Å². The summed E-state index contributed by atoms with van der Waals surface area (Å²) in [7, 11) is 0. The van der Waals surface area contributed by atoms with Gasteiger partial charge in [0.05, 0.1) is 17.0 Å². The van der Waals surface area contributed by atoms with Crippen molar-refractivity contribution in [1.29, 1.82) is 0 Å². The Hall–Kier alpha value is -3.68. The normalized spacial score (nSPS) is 11.0. The molecule has 0 unspecified atom stereocenters. The molecule has 0 aliphatic heterocycles. The second-order valence-corrected chi connectivity index (χ2v) is 5.93. The summed E-state index contributed by atoms with van der Waals surface area (Å²) in [4.78, 5) is 29.1. The smallest absolute Gasteiger partial charge is 0.356 e. The number of hydrogen-bond donors (Lipinski definition) is 1. The van der Waals surface area contributed by atoms with Crippen molar-refractivity contribution < 1.29 is 14.1 Å². The van der Waals surface area contributed by atoms with Gasteiger partial charge in [-0.25, -0.2) is 14.3 Å². The summed E-state index contributed by atoms with van der Waals surface area (Å²) in [6, 6.07) is 12.3. The highest BCUT2D eigenvalue weighted by atomic mass is 16.5. The van der Waals surface area contributed by atoms with Gasteiger partial charge >= 0.3 is 5.97 Å². The number of nitrogens with one attached hydrogen (secondary N) is 1. The van der Waals surface area contributed by atoms with Gasteiger partial charge < -0.3 is 9.26 Å². The lowest BCUT2D eigenvalue weighted by molar-refractivity contribution is 0.0464. The lowest BCUT2D eigenvalue weighted by Crippen LogP contribution is -2.15. The molecule has 8 nitrogen and oxygen atoms in total. The number of H-pyrrole nitrogens is 1. The van der Waals surface area contributed by atoms with E-state index in [0.29, 0.717) is 23.3 Å². The topological polar surface area (TPSA) is 102 Å². The van der Waals surface area contributed by atoms with E-state index in [-0.39, 0.29) is 17.9 Å². The van der Waals surface area contributed by atoms with Crippen LogP contribution in [0.5, 0.6) is 0 Å². The van der Waals surface area contributed by atoms with E-state index in [4.69, 9.17) is 9.26 Å².